The number of aliphatic carboxylic acids is 1. The summed E-state index contributed by atoms with van der Waals surface area (Å²) < 4.78 is 38.3. The van der Waals surface area contributed by atoms with E-state index in [-0.39, 0.29) is 11.4 Å². The minimum absolute atomic E-state index is 0.0793. The zero-order valence-corrected chi connectivity index (χ0v) is 12.3. The van der Waals surface area contributed by atoms with Crippen LogP contribution in [0, 0.1) is 0 Å². The molecule has 1 aromatic rings. The number of nitrogens with one attached hydrogen (secondary N) is 1. The van der Waals surface area contributed by atoms with Crippen LogP contribution in [0.2, 0.25) is 0 Å². The number of methoxy groups -OCH3 is 1. The molecule has 1 aliphatic heterocycles. The molecule has 21 heavy (non-hydrogen) atoms. The Balaban J connectivity index is 2.04. The number of aromatic nitrogens is 2. The molecular formula is C11H17N3O6S. The number of nitrogens with zero attached hydrogens (tertiary/aromatic N) is 2. The first-order valence-electron chi connectivity index (χ1n) is 6.24. The number of carbonyl (C=O) groups is 1. The Morgan fingerprint density at radius 3 is 3.00 bits per heavy atom. The van der Waals surface area contributed by atoms with Gasteiger partial charge in [0.1, 0.15) is 17.0 Å². The van der Waals surface area contributed by atoms with Crippen molar-refractivity contribution in [3.05, 3.63) is 12.4 Å². The van der Waals surface area contributed by atoms with Gasteiger partial charge < -0.3 is 14.6 Å². The van der Waals surface area contributed by atoms with E-state index < -0.39 is 28.1 Å². The van der Waals surface area contributed by atoms with Crippen molar-refractivity contribution in [2.75, 3.05) is 26.9 Å². The van der Waals surface area contributed by atoms with Crippen LogP contribution < -0.4 is 4.72 Å². The highest BCUT2D eigenvalue weighted by atomic mass is 32.2. The van der Waals surface area contributed by atoms with Crippen molar-refractivity contribution in [1.82, 2.24) is 14.5 Å². The summed E-state index contributed by atoms with van der Waals surface area (Å²) in [5.74, 6) is -1.10. The summed E-state index contributed by atoms with van der Waals surface area (Å²) in [5, 5.41) is 12.3. The van der Waals surface area contributed by atoms with Crippen molar-refractivity contribution < 1.29 is 27.8 Å². The first kappa shape index (κ1) is 15.9. The molecule has 9 nitrogen and oxygen atoms in total. The van der Waals surface area contributed by atoms with Gasteiger partial charge in [-0.2, -0.15) is 5.10 Å². The van der Waals surface area contributed by atoms with E-state index >= 15 is 0 Å². The van der Waals surface area contributed by atoms with Crippen LogP contribution >= 0.6 is 0 Å². The molecule has 1 unspecified atom stereocenters. The Bertz CT molecular complexity index is 605. The molecule has 1 atom stereocenters. The van der Waals surface area contributed by atoms with E-state index in [1.54, 1.807) is 0 Å². The quantitative estimate of drug-likeness (QED) is 0.665. The Hall–Kier alpha value is -1.49. The van der Waals surface area contributed by atoms with Gasteiger partial charge in [-0.05, 0) is 0 Å². The van der Waals surface area contributed by atoms with E-state index in [1.807, 2.05) is 0 Å². The molecule has 0 amide bonds. The number of hydrogen-bond donors (Lipinski definition) is 2. The maximum Gasteiger partial charge on any atom is 0.325 e. The van der Waals surface area contributed by atoms with Crippen LogP contribution in [-0.4, -0.2) is 61.7 Å². The van der Waals surface area contributed by atoms with Crippen LogP contribution in [0.5, 0.6) is 0 Å². The predicted molar refractivity (Wildman–Crippen MR) is 70.2 cm³/mol. The minimum Gasteiger partial charge on any atom is -0.480 e. The first-order valence-corrected chi connectivity index (χ1v) is 7.72. The summed E-state index contributed by atoms with van der Waals surface area (Å²) in [4.78, 5) is 10.5. The summed E-state index contributed by atoms with van der Waals surface area (Å²) in [6, 6.07) is 0. The van der Waals surface area contributed by atoms with Crippen LogP contribution in [0.4, 0.5) is 0 Å². The number of rotatable bonds is 7. The van der Waals surface area contributed by atoms with Gasteiger partial charge in [-0.3, -0.25) is 9.48 Å². The molecule has 1 aromatic heterocycles. The highest BCUT2D eigenvalue weighted by molar-refractivity contribution is 7.89. The normalized spacial score (nSPS) is 22.5. The summed E-state index contributed by atoms with van der Waals surface area (Å²) in [6.07, 6.45) is 2.88. The Kier molecular flexibility index (Phi) is 4.61. The van der Waals surface area contributed by atoms with Gasteiger partial charge in [0.05, 0.1) is 12.8 Å². The molecule has 0 spiro atoms. The number of ether oxygens (including phenoxy) is 2. The van der Waals surface area contributed by atoms with Gasteiger partial charge in [0, 0.05) is 32.9 Å². The monoisotopic (exact) mass is 319 g/mol. The lowest BCUT2D eigenvalue weighted by Gasteiger charge is -2.25. The van der Waals surface area contributed by atoms with E-state index in [4.69, 9.17) is 14.6 Å². The highest BCUT2D eigenvalue weighted by Gasteiger charge is 2.36. The molecule has 0 bridgehead atoms. The number of carboxylic acids is 1. The second kappa shape index (κ2) is 6.10. The topological polar surface area (TPSA) is 120 Å². The molecule has 118 valence electrons. The molecule has 10 heteroatoms. The fraction of sp³-hybridized carbons (Fsp3) is 0.636. The van der Waals surface area contributed by atoms with E-state index in [9.17, 15) is 13.2 Å². The average molecular weight is 319 g/mol. The van der Waals surface area contributed by atoms with E-state index in [1.165, 1.54) is 13.3 Å². The van der Waals surface area contributed by atoms with Crippen molar-refractivity contribution >= 4 is 16.0 Å². The standard InChI is InChI=1S/C11H17N3O6S/c1-19-11(2-3-20-8-11)7-13-21(17,18)9-4-12-14(5-9)6-10(15)16/h4-5,13H,2-3,6-8H2,1H3,(H,15,16). The number of hydrogen-bond acceptors (Lipinski definition) is 6. The van der Waals surface area contributed by atoms with Crippen molar-refractivity contribution in [3.8, 4) is 0 Å². The van der Waals surface area contributed by atoms with E-state index in [0.29, 0.717) is 19.6 Å². The average Bonchev–Trinajstić information content (AvgIpc) is 3.06. The van der Waals surface area contributed by atoms with Crippen LogP contribution in [0.3, 0.4) is 0 Å². The van der Waals surface area contributed by atoms with Crippen molar-refractivity contribution in [3.63, 3.8) is 0 Å². The van der Waals surface area contributed by atoms with Crippen molar-refractivity contribution in [1.29, 1.82) is 0 Å². The molecule has 0 aromatic carbocycles. The zero-order chi connectivity index (χ0) is 15.5. The first-order chi connectivity index (χ1) is 9.87. The maximum absolute atomic E-state index is 12.1. The molecule has 2 heterocycles. The summed E-state index contributed by atoms with van der Waals surface area (Å²) in [6.45, 7) is 0.526. The van der Waals surface area contributed by atoms with E-state index in [0.717, 1.165) is 10.9 Å². The second-order valence-corrected chi connectivity index (χ2v) is 6.55. The van der Waals surface area contributed by atoms with Crippen LogP contribution in [-0.2, 0) is 30.8 Å². The molecule has 2 N–H and O–H groups in total. The lowest BCUT2D eigenvalue weighted by Crippen LogP contribution is -2.44. The van der Waals surface area contributed by atoms with Gasteiger partial charge in [-0.25, -0.2) is 13.1 Å². The fourth-order valence-corrected chi connectivity index (χ4v) is 3.05. The third kappa shape index (κ3) is 3.79. The lowest BCUT2D eigenvalue weighted by molar-refractivity contribution is -0.137. The van der Waals surface area contributed by atoms with Crippen molar-refractivity contribution in [2.45, 2.75) is 23.5 Å². The smallest absolute Gasteiger partial charge is 0.325 e. The Labute approximate surface area is 121 Å². The van der Waals surface area contributed by atoms with Gasteiger partial charge in [0.25, 0.3) is 0 Å². The Morgan fingerprint density at radius 2 is 2.43 bits per heavy atom. The van der Waals surface area contributed by atoms with Gasteiger partial charge in [-0.15, -0.1) is 0 Å². The molecule has 2 rings (SSSR count). The third-order valence-electron chi connectivity index (χ3n) is 3.30. The zero-order valence-electron chi connectivity index (χ0n) is 11.5. The molecule has 1 aliphatic rings. The van der Waals surface area contributed by atoms with Gasteiger partial charge in [-0.1, -0.05) is 0 Å². The maximum atomic E-state index is 12.1. The summed E-state index contributed by atoms with van der Waals surface area (Å²) in [7, 11) is -2.26. The SMILES string of the molecule is COC1(CNS(=O)(=O)c2cnn(CC(=O)O)c2)CCOC1. The third-order valence-corrected chi connectivity index (χ3v) is 4.66. The van der Waals surface area contributed by atoms with Crippen LogP contribution in [0.15, 0.2) is 17.3 Å². The largest absolute Gasteiger partial charge is 0.480 e. The minimum atomic E-state index is -3.77. The molecule has 0 radical (unpaired) electrons. The van der Waals surface area contributed by atoms with Gasteiger partial charge in [0.2, 0.25) is 10.0 Å². The van der Waals surface area contributed by atoms with Gasteiger partial charge >= 0.3 is 5.97 Å². The molecule has 1 saturated heterocycles. The fourth-order valence-electron chi connectivity index (χ4n) is 1.98. The molecule has 0 saturated carbocycles. The van der Waals surface area contributed by atoms with Crippen LogP contribution in [0.25, 0.3) is 0 Å². The predicted octanol–water partition coefficient (Wildman–Crippen LogP) is -0.948. The summed E-state index contributed by atoms with van der Waals surface area (Å²) in [5.41, 5.74) is -0.663. The highest BCUT2D eigenvalue weighted by Crippen LogP contribution is 2.22. The number of sulfonamides is 1. The second-order valence-electron chi connectivity index (χ2n) is 4.78. The van der Waals surface area contributed by atoms with Crippen LogP contribution in [0.1, 0.15) is 6.42 Å². The molecule has 0 aliphatic carbocycles. The summed E-state index contributed by atoms with van der Waals surface area (Å²) >= 11 is 0. The lowest BCUT2D eigenvalue weighted by atomic mass is 10.0. The number of carboxylic acid groups (broad SMARTS) is 1. The molecule has 1 fully saturated rings. The van der Waals surface area contributed by atoms with Crippen molar-refractivity contribution in [2.24, 2.45) is 0 Å². The van der Waals surface area contributed by atoms with Gasteiger partial charge in [0.15, 0.2) is 0 Å². The Morgan fingerprint density at radius 1 is 1.67 bits per heavy atom. The molecular weight excluding hydrogens is 302 g/mol. The van der Waals surface area contributed by atoms with E-state index in [2.05, 4.69) is 9.82 Å².